The molecular formula is C13H12BrN3O2. The van der Waals surface area contributed by atoms with E-state index in [4.69, 9.17) is 10.00 Å². The summed E-state index contributed by atoms with van der Waals surface area (Å²) in [6, 6.07) is 7.66. The third-order valence-corrected chi connectivity index (χ3v) is 4.48. The molecule has 5 nitrogen and oxygen atoms in total. The molecule has 98 valence electrons. The molecule has 1 N–H and O–H groups in total. The molecule has 1 aromatic rings. The van der Waals surface area contributed by atoms with Crippen LogP contribution < -0.4 is 5.32 Å². The number of piperidine rings is 1. The Bertz CT molecular complexity index is 571. The zero-order valence-corrected chi connectivity index (χ0v) is 11.7. The zero-order chi connectivity index (χ0) is 13.5. The normalized spacial score (nSPS) is 29.2. The molecule has 2 aliphatic heterocycles. The maximum absolute atomic E-state index is 11.7. The van der Waals surface area contributed by atoms with Gasteiger partial charge in [-0.05, 0) is 6.07 Å². The van der Waals surface area contributed by atoms with E-state index in [0.29, 0.717) is 19.4 Å². The monoisotopic (exact) mass is 321 g/mol. The first kappa shape index (κ1) is 12.3. The second kappa shape index (κ2) is 4.42. The number of fused-ring (bicyclic) bond motifs is 2. The van der Waals surface area contributed by atoms with Gasteiger partial charge in [0.05, 0.1) is 10.6 Å². The van der Waals surface area contributed by atoms with E-state index in [9.17, 15) is 4.79 Å². The number of benzene rings is 1. The molecule has 2 aliphatic rings. The van der Waals surface area contributed by atoms with Crippen LogP contribution in [0.25, 0.3) is 0 Å². The molecule has 0 aromatic heterocycles. The summed E-state index contributed by atoms with van der Waals surface area (Å²) in [6.07, 6.45) is 2.89. The first-order valence-electron chi connectivity index (χ1n) is 6.04. The van der Waals surface area contributed by atoms with Gasteiger partial charge in [0.2, 0.25) is 0 Å². The number of nitriles is 1. The van der Waals surface area contributed by atoms with Crippen molar-refractivity contribution in [1.82, 2.24) is 4.90 Å². The fourth-order valence-corrected chi connectivity index (χ4v) is 3.55. The van der Waals surface area contributed by atoms with Crippen molar-refractivity contribution >= 4 is 27.7 Å². The summed E-state index contributed by atoms with van der Waals surface area (Å²) in [6.45, 7) is 0.564. The summed E-state index contributed by atoms with van der Waals surface area (Å²) in [5, 5.41) is 11.7. The van der Waals surface area contributed by atoms with Gasteiger partial charge >= 0.3 is 6.09 Å². The van der Waals surface area contributed by atoms with E-state index in [1.807, 2.05) is 24.3 Å². The quantitative estimate of drug-likeness (QED) is 0.453. The van der Waals surface area contributed by atoms with Gasteiger partial charge in [0.15, 0.2) is 6.19 Å². The van der Waals surface area contributed by atoms with Gasteiger partial charge in [0.25, 0.3) is 0 Å². The molecule has 6 heteroatoms. The highest BCUT2D eigenvalue weighted by Crippen LogP contribution is 2.45. The van der Waals surface area contributed by atoms with Gasteiger partial charge < -0.3 is 4.74 Å². The minimum absolute atomic E-state index is 0.120. The van der Waals surface area contributed by atoms with Crippen molar-refractivity contribution < 1.29 is 9.53 Å². The zero-order valence-electron chi connectivity index (χ0n) is 10.1. The average molecular weight is 322 g/mol. The lowest BCUT2D eigenvalue weighted by molar-refractivity contribution is -0.0329. The maximum Gasteiger partial charge on any atom is 0.412 e. The molecule has 2 atom stereocenters. The number of para-hydroxylation sites is 1. The Morgan fingerprint density at radius 3 is 3.05 bits per heavy atom. The van der Waals surface area contributed by atoms with Crippen LogP contribution in [-0.4, -0.2) is 22.5 Å². The molecule has 0 saturated carbocycles. The molecule has 1 fully saturated rings. The highest BCUT2D eigenvalue weighted by atomic mass is 79.9. The molecule has 19 heavy (non-hydrogen) atoms. The predicted octanol–water partition coefficient (Wildman–Crippen LogP) is 2.74. The van der Waals surface area contributed by atoms with Crippen molar-refractivity contribution in [1.29, 1.82) is 5.26 Å². The van der Waals surface area contributed by atoms with Gasteiger partial charge in [0.1, 0.15) is 5.60 Å². The summed E-state index contributed by atoms with van der Waals surface area (Å²) >= 11 is 3.49. The van der Waals surface area contributed by atoms with Gasteiger partial charge in [0, 0.05) is 24.9 Å². The lowest BCUT2D eigenvalue weighted by Crippen LogP contribution is -2.49. The summed E-state index contributed by atoms with van der Waals surface area (Å²) in [5.41, 5.74) is 1.14. The molecule has 2 unspecified atom stereocenters. The molecule has 1 saturated heterocycles. The van der Waals surface area contributed by atoms with Gasteiger partial charge in [-0.2, -0.15) is 5.26 Å². The Morgan fingerprint density at radius 2 is 2.32 bits per heavy atom. The Kier molecular flexibility index (Phi) is 2.86. The van der Waals surface area contributed by atoms with Crippen LogP contribution in [0.3, 0.4) is 0 Å². The number of ether oxygens (including phenoxy) is 1. The third-order valence-electron chi connectivity index (χ3n) is 3.66. The number of alkyl halides is 1. The summed E-state index contributed by atoms with van der Waals surface area (Å²) in [5.74, 6) is 0. The van der Waals surface area contributed by atoms with E-state index < -0.39 is 11.7 Å². The van der Waals surface area contributed by atoms with Crippen LogP contribution in [0.2, 0.25) is 0 Å². The van der Waals surface area contributed by atoms with Crippen molar-refractivity contribution in [2.45, 2.75) is 23.4 Å². The minimum Gasteiger partial charge on any atom is -0.438 e. The van der Waals surface area contributed by atoms with Crippen molar-refractivity contribution in [2.75, 3.05) is 11.9 Å². The number of likely N-dealkylation sites (tertiary alicyclic amines) is 1. The third kappa shape index (κ3) is 1.94. The van der Waals surface area contributed by atoms with Crippen LogP contribution in [0.1, 0.15) is 18.4 Å². The van der Waals surface area contributed by atoms with Crippen LogP contribution in [0.5, 0.6) is 0 Å². The molecule has 1 amide bonds. The van der Waals surface area contributed by atoms with Gasteiger partial charge in [-0.3, -0.25) is 10.2 Å². The van der Waals surface area contributed by atoms with Crippen molar-refractivity contribution in [3.63, 3.8) is 0 Å². The topological polar surface area (TPSA) is 65.4 Å². The number of hydrogen-bond acceptors (Lipinski definition) is 4. The number of nitrogens with zero attached hydrogens (tertiary/aromatic N) is 2. The van der Waals surface area contributed by atoms with Crippen LogP contribution >= 0.6 is 15.9 Å². The standard InChI is InChI=1S/C13H12BrN3O2/c14-11-7-13(5-6-17(11)8-15)9-3-1-2-4-10(9)16-12(18)19-13/h1-4,11H,5-7H2,(H,16,18). The van der Waals surface area contributed by atoms with Gasteiger partial charge in [-0.1, -0.05) is 34.1 Å². The largest absolute Gasteiger partial charge is 0.438 e. The number of carbonyl (C=O) groups is 1. The average Bonchev–Trinajstić information content (AvgIpc) is 2.39. The number of nitrogens with one attached hydrogen (secondary N) is 1. The molecule has 1 aromatic carbocycles. The Morgan fingerprint density at radius 1 is 1.53 bits per heavy atom. The number of amides is 1. The first-order chi connectivity index (χ1) is 9.14. The molecule has 1 spiro atoms. The van der Waals surface area contributed by atoms with Crippen LogP contribution in [0, 0.1) is 11.5 Å². The SMILES string of the molecule is N#CN1CCC2(CC1Br)OC(=O)Nc1ccccc12. The second-order valence-electron chi connectivity index (χ2n) is 4.74. The van der Waals surface area contributed by atoms with Gasteiger partial charge in [-0.15, -0.1) is 0 Å². The van der Waals surface area contributed by atoms with E-state index in [-0.39, 0.29) is 4.95 Å². The number of hydrogen-bond donors (Lipinski definition) is 1. The van der Waals surface area contributed by atoms with Crippen molar-refractivity contribution in [2.24, 2.45) is 0 Å². The summed E-state index contributed by atoms with van der Waals surface area (Å²) < 4.78 is 5.59. The van der Waals surface area contributed by atoms with E-state index in [2.05, 4.69) is 27.4 Å². The Balaban J connectivity index is 2.01. The molecular weight excluding hydrogens is 310 g/mol. The molecule has 0 radical (unpaired) electrons. The lowest BCUT2D eigenvalue weighted by Gasteiger charge is -2.45. The minimum atomic E-state index is -0.638. The van der Waals surface area contributed by atoms with Crippen molar-refractivity contribution in [3.8, 4) is 6.19 Å². The molecule has 3 rings (SSSR count). The van der Waals surface area contributed by atoms with Crippen LogP contribution in [-0.2, 0) is 10.3 Å². The van der Waals surface area contributed by atoms with Crippen LogP contribution in [0.15, 0.2) is 24.3 Å². The van der Waals surface area contributed by atoms with E-state index >= 15 is 0 Å². The van der Waals surface area contributed by atoms with E-state index in [0.717, 1.165) is 11.3 Å². The second-order valence-corrected chi connectivity index (χ2v) is 5.79. The number of rotatable bonds is 0. The van der Waals surface area contributed by atoms with Crippen LogP contribution in [0.4, 0.5) is 10.5 Å². The number of anilines is 1. The summed E-state index contributed by atoms with van der Waals surface area (Å²) in [7, 11) is 0. The highest BCUT2D eigenvalue weighted by Gasteiger charge is 2.47. The highest BCUT2D eigenvalue weighted by molar-refractivity contribution is 9.09. The van der Waals surface area contributed by atoms with E-state index in [1.54, 1.807) is 4.90 Å². The first-order valence-corrected chi connectivity index (χ1v) is 6.96. The number of carbonyl (C=O) groups excluding carboxylic acids is 1. The molecule has 0 bridgehead atoms. The Labute approximate surface area is 119 Å². The number of halogens is 1. The lowest BCUT2D eigenvalue weighted by atomic mass is 9.82. The predicted molar refractivity (Wildman–Crippen MR) is 72.5 cm³/mol. The summed E-state index contributed by atoms with van der Waals surface area (Å²) in [4.78, 5) is 13.3. The molecule has 2 heterocycles. The fraction of sp³-hybridized carbons (Fsp3) is 0.385. The fourth-order valence-electron chi connectivity index (χ4n) is 2.73. The maximum atomic E-state index is 11.7. The van der Waals surface area contributed by atoms with Gasteiger partial charge in [-0.25, -0.2) is 4.79 Å². The molecule has 0 aliphatic carbocycles. The Hall–Kier alpha value is -1.74. The van der Waals surface area contributed by atoms with Crippen molar-refractivity contribution in [3.05, 3.63) is 29.8 Å². The smallest absolute Gasteiger partial charge is 0.412 e. The van der Waals surface area contributed by atoms with E-state index in [1.165, 1.54) is 0 Å².